The molecule has 118 valence electrons. The Hall–Kier alpha value is -1.05. The molecular weight excluding hydrogens is 248 g/mol. The average Bonchev–Trinajstić information content (AvgIpc) is 2.51. The van der Waals surface area contributed by atoms with Crippen LogP contribution in [0.3, 0.4) is 0 Å². The van der Waals surface area contributed by atoms with Gasteiger partial charge in [-0.05, 0) is 45.4 Å². The molecule has 0 amide bonds. The normalized spacial score (nSPS) is 20.9. The van der Waals surface area contributed by atoms with Gasteiger partial charge in [-0.15, -0.1) is 0 Å². The van der Waals surface area contributed by atoms with Crippen LogP contribution in [0.5, 0.6) is 0 Å². The van der Waals surface area contributed by atoms with Gasteiger partial charge >= 0.3 is 5.97 Å². The van der Waals surface area contributed by atoms with Crippen LogP contribution in [0.25, 0.3) is 0 Å². The number of hydrogen-bond donors (Lipinski definition) is 1. The highest BCUT2D eigenvalue weighted by Gasteiger charge is 2.19. The first-order valence-corrected chi connectivity index (χ1v) is 8.16. The van der Waals surface area contributed by atoms with Crippen LogP contribution in [0, 0.1) is 5.92 Å². The van der Waals surface area contributed by atoms with E-state index in [1.54, 1.807) is 6.92 Å². The molecule has 0 spiro atoms. The summed E-state index contributed by atoms with van der Waals surface area (Å²) in [6.45, 7) is 14.0. The molecule has 1 aliphatic rings. The van der Waals surface area contributed by atoms with Crippen LogP contribution >= 0.6 is 0 Å². The molecule has 0 aromatic carbocycles. The Morgan fingerprint density at radius 2 is 1.75 bits per heavy atom. The van der Waals surface area contributed by atoms with Gasteiger partial charge in [-0.25, -0.2) is 4.79 Å². The average molecular weight is 282 g/mol. The lowest BCUT2D eigenvalue weighted by Crippen LogP contribution is -2.11. The van der Waals surface area contributed by atoms with Crippen LogP contribution in [0.4, 0.5) is 0 Å². The summed E-state index contributed by atoms with van der Waals surface area (Å²) >= 11 is 0. The molecule has 0 aromatic rings. The molecule has 0 bridgehead atoms. The van der Waals surface area contributed by atoms with Gasteiger partial charge in [0.05, 0.1) is 0 Å². The molecule has 2 nitrogen and oxygen atoms in total. The van der Waals surface area contributed by atoms with Gasteiger partial charge in [0.2, 0.25) is 0 Å². The first-order valence-electron chi connectivity index (χ1n) is 8.16. The molecule has 0 saturated heterocycles. The third-order valence-electron chi connectivity index (χ3n) is 3.53. The molecule has 2 heteroatoms. The Bertz CT molecular complexity index is 324. The zero-order chi connectivity index (χ0) is 16.1. The SMILES string of the molecule is CC.CC.CC/C(C)=C1\CCCC[C@H]1/C=C(\C)C(=O)O. The van der Waals surface area contributed by atoms with Crippen LogP contribution < -0.4 is 0 Å². The van der Waals surface area contributed by atoms with E-state index >= 15 is 0 Å². The number of hydrogen-bond acceptors (Lipinski definition) is 1. The number of carboxylic acids is 1. The summed E-state index contributed by atoms with van der Waals surface area (Å²) in [4.78, 5) is 10.8. The van der Waals surface area contributed by atoms with Crippen LogP contribution in [0.2, 0.25) is 0 Å². The van der Waals surface area contributed by atoms with Crippen molar-refractivity contribution >= 4 is 5.97 Å². The van der Waals surface area contributed by atoms with Gasteiger partial charge in [0, 0.05) is 5.57 Å². The first-order chi connectivity index (χ1) is 9.56. The van der Waals surface area contributed by atoms with Crippen molar-refractivity contribution in [1.82, 2.24) is 0 Å². The lowest BCUT2D eigenvalue weighted by atomic mass is 9.80. The zero-order valence-corrected chi connectivity index (χ0v) is 14.5. The summed E-state index contributed by atoms with van der Waals surface area (Å²) in [6, 6.07) is 0. The Labute approximate surface area is 126 Å². The van der Waals surface area contributed by atoms with Crippen molar-refractivity contribution in [2.24, 2.45) is 5.92 Å². The molecule has 1 N–H and O–H groups in total. The van der Waals surface area contributed by atoms with Crippen LogP contribution in [-0.4, -0.2) is 11.1 Å². The minimum absolute atomic E-state index is 0.366. The molecular formula is C18H34O2. The maximum Gasteiger partial charge on any atom is 0.330 e. The molecule has 1 saturated carbocycles. The van der Waals surface area contributed by atoms with Crippen molar-refractivity contribution < 1.29 is 9.90 Å². The molecule has 1 atom stereocenters. The highest BCUT2D eigenvalue weighted by atomic mass is 16.4. The van der Waals surface area contributed by atoms with E-state index < -0.39 is 5.97 Å². The van der Waals surface area contributed by atoms with E-state index in [0.717, 1.165) is 19.3 Å². The fraction of sp³-hybridized carbons (Fsp3) is 0.722. The summed E-state index contributed by atoms with van der Waals surface area (Å²) < 4.78 is 0. The number of allylic oxidation sites excluding steroid dienone is 3. The van der Waals surface area contributed by atoms with E-state index in [0.29, 0.717) is 11.5 Å². The van der Waals surface area contributed by atoms with Crippen molar-refractivity contribution in [1.29, 1.82) is 0 Å². The third kappa shape index (κ3) is 7.52. The smallest absolute Gasteiger partial charge is 0.330 e. The zero-order valence-electron chi connectivity index (χ0n) is 14.5. The second-order valence-corrected chi connectivity index (χ2v) is 4.67. The molecule has 1 aliphatic carbocycles. The molecule has 0 aliphatic heterocycles. The molecule has 0 radical (unpaired) electrons. The van der Waals surface area contributed by atoms with E-state index in [-0.39, 0.29) is 0 Å². The highest BCUT2D eigenvalue weighted by Crippen LogP contribution is 2.34. The van der Waals surface area contributed by atoms with Gasteiger partial charge in [-0.2, -0.15) is 0 Å². The summed E-state index contributed by atoms with van der Waals surface area (Å²) in [6.07, 6.45) is 7.74. The van der Waals surface area contributed by atoms with Crippen LogP contribution in [-0.2, 0) is 4.79 Å². The van der Waals surface area contributed by atoms with E-state index in [9.17, 15) is 4.79 Å². The monoisotopic (exact) mass is 282 g/mol. The minimum Gasteiger partial charge on any atom is -0.478 e. The van der Waals surface area contributed by atoms with E-state index in [1.165, 1.54) is 24.0 Å². The van der Waals surface area contributed by atoms with Crippen molar-refractivity contribution in [3.8, 4) is 0 Å². The lowest BCUT2D eigenvalue weighted by molar-refractivity contribution is -0.132. The third-order valence-corrected chi connectivity index (χ3v) is 3.53. The Kier molecular flexibility index (Phi) is 13.8. The summed E-state index contributed by atoms with van der Waals surface area (Å²) in [5.74, 6) is -0.427. The highest BCUT2D eigenvalue weighted by molar-refractivity contribution is 5.85. The fourth-order valence-corrected chi connectivity index (χ4v) is 2.35. The van der Waals surface area contributed by atoms with Gasteiger partial charge in [0.1, 0.15) is 0 Å². The van der Waals surface area contributed by atoms with Gasteiger partial charge in [-0.3, -0.25) is 0 Å². The largest absolute Gasteiger partial charge is 0.478 e. The van der Waals surface area contributed by atoms with Crippen molar-refractivity contribution in [3.05, 3.63) is 22.8 Å². The second kappa shape index (κ2) is 13.0. The van der Waals surface area contributed by atoms with Crippen molar-refractivity contribution in [3.63, 3.8) is 0 Å². The Morgan fingerprint density at radius 3 is 2.20 bits per heavy atom. The fourth-order valence-electron chi connectivity index (χ4n) is 2.35. The molecule has 0 unspecified atom stereocenters. The second-order valence-electron chi connectivity index (χ2n) is 4.67. The van der Waals surface area contributed by atoms with E-state index in [2.05, 4.69) is 13.8 Å². The maximum atomic E-state index is 10.8. The molecule has 0 heterocycles. The summed E-state index contributed by atoms with van der Waals surface area (Å²) in [7, 11) is 0. The van der Waals surface area contributed by atoms with E-state index in [1.807, 2.05) is 33.8 Å². The molecule has 1 rings (SSSR count). The van der Waals surface area contributed by atoms with Crippen molar-refractivity contribution in [2.45, 2.75) is 80.6 Å². The Morgan fingerprint density at radius 1 is 1.20 bits per heavy atom. The van der Waals surface area contributed by atoms with E-state index in [4.69, 9.17) is 5.11 Å². The number of aliphatic carboxylic acids is 1. The molecule has 1 fully saturated rings. The van der Waals surface area contributed by atoms with Crippen LogP contribution in [0.15, 0.2) is 22.8 Å². The number of carbonyl (C=O) groups is 1. The number of carboxylic acid groups (broad SMARTS) is 1. The lowest BCUT2D eigenvalue weighted by Gasteiger charge is -2.25. The number of rotatable bonds is 3. The molecule has 0 aromatic heterocycles. The van der Waals surface area contributed by atoms with Gasteiger partial charge in [-0.1, -0.05) is 58.3 Å². The summed E-state index contributed by atoms with van der Waals surface area (Å²) in [5, 5.41) is 8.91. The first kappa shape index (κ1) is 21.3. The van der Waals surface area contributed by atoms with Crippen LogP contribution in [0.1, 0.15) is 80.6 Å². The van der Waals surface area contributed by atoms with Gasteiger partial charge in [0.25, 0.3) is 0 Å². The topological polar surface area (TPSA) is 37.3 Å². The van der Waals surface area contributed by atoms with Gasteiger partial charge in [0.15, 0.2) is 0 Å². The van der Waals surface area contributed by atoms with Gasteiger partial charge < -0.3 is 5.11 Å². The Balaban J connectivity index is 0. The molecule has 20 heavy (non-hydrogen) atoms. The predicted molar refractivity (Wildman–Crippen MR) is 89.0 cm³/mol. The van der Waals surface area contributed by atoms with Crippen molar-refractivity contribution in [2.75, 3.05) is 0 Å². The predicted octanol–water partition coefficient (Wildman–Crippen LogP) is 5.99. The quantitative estimate of drug-likeness (QED) is 0.510. The maximum absolute atomic E-state index is 10.8. The standard InChI is InChI=1S/C14H22O2.2C2H6/c1-4-10(2)13-8-6-5-7-12(13)9-11(3)14(15)16;2*1-2/h9,12H,4-8H2,1-3H3,(H,15,16);2*1-2H3/b11-9+,13-10+;;/t12-;;/m0../s1. The minimum atomic E-state index is -0.793. The summed E-state index contributed by atoms with van der Waals surface area (Å²) in [5.41, 5.74) is 3.40.